The van der Waals surface area contributed by atoms with Crippen LogP contribution in [0.1, 0.15) is 33.6 Å². The van der Waals surface area contributed by atoms with Crippen molar-refractivity contribution in [3.05, 3.63) is 24.3 Å². The lowest BCUT2D eigenvalue weighted by molar-refractivity contribution is -0.158. The second-order valence-corrected chi connectivity index (χ2v) is 5.84. The predicted molar refractivity (Wildman–Crippen MR) is 94.8 cm³/mol. The lowest BCUT2D eigenvalue weighted by atomic mass is 10.1. The van der Waals surface area contributed by atoms with Crippen molar-refractivity contribution in [2.75, 3.05) is 13.2 Å². The van der Waals surface area contributed by atoms with Crippen molar-refractivity contribution in [3.63, 3.8) is 0 Å². The molecule has 0 spiro atoms. The molecule has 1 aromatic rings. The maximum atomic E-state index is 11.9. The Morgan fingerprint density at radius 2 is 1.73 bits per heavy atom. The number of nitrogens with two attached hydrogens (primary N) is 1. The summed E-state index contributed by atoms with van der Waals surface area (Å²) in [6, 6.07) is 6.28. The third kappa shape index (κ3) is 7.42. The van der Waals surface area contributed by atoms with Crippen molar-refractivity contribution in [2.45, 2.75) is 39.7 Å². The monoisotopic (exact) mass is 366 g/mol. The van der Waals surface area contributed by atoms with Crippen LogP contribution in [0.3, 0.4) is 0 Å². The molecule has 1 rings (SSSR count). The number of urea groups is 1. The molecule has 0 heterocycles. The molecule has 144 valence electrons. The summed E-state index contributed by atoms with van der Waals surface area (Å²) in [5, 5.41) is 1.92. The minimum absolute atomic E-state index is 0.0733. The Labute approximate surface area is 153 Å². The molecule has 0 fully saturated rings. The van der Waals surface area contributed by atoms with Crippen LogP contribution in [0, 0.1) is 5.92 Å². The molecule has 0 saturated heterocycles. The number of nitrogens with one attached hydrogen (secondary N) is 1. The third-order valence-electron chi connectivity index (χ3n) is 3.30. The Balaban J connectivity index is 2.44. The minimum atomic E-state index is -1.07. The van der Waals surface area contributed by atoms with Crippen molar-refractivity contribution >= 4 is 17.9 Å². The summed E-state index contributed by atoms with van der Waals surface area (Å²) in [5.41, 5.74) is 4.91. The van der Waals surface area contributed by atoms with Crippen LogP contribution in [0.15, 0.2) is 24.3 Å². The highest BCUT2D eigenvalue weighted by Crippen LogP contribution is 2.26. The van der Waals surface area contributed by atoms with Crippen LogP contribution in [0.2, 0.25) is 0 Å². The Hall–Kier alpha value is -2.77. The zero-order valence-electron chi connectivity index (χ0n) is 15.3. The zero-order chi connectivity index (χ0) is 19.5. The number of carbonyl (C=O) groups is 3. The molecule has 26 heavy (non-hydrogen) atoms. The zero-order valence-corrected chi connectivity index (χ0v) is 15.3. The number of primary amides is 1. The Morgan fingerprint density at radius 1 is 1.12 bits per heavy atom. The Morgan fingerprint density at radius 3 is 2.27 bits per heavy atom. The van der Waals surface area contributed by atoms with Crippen molar-refractivity contribution in [2.24, 2.45) is 11.7 Å². The van der Waals surface area contributed by atoms with Gasteiger partial charge in [0.25, 0.3) is 5.91 Å². The van der Waals surface area contributed by atoms with Crippen molar-refractivity contribution in [1.29, 1.82) is 0 Å². The van der Waals surface area contributed by atoms with E-state index in [4.69, 9.17) is 19.9 Å². The number of imide groups is 1. The summed E-state index contributed by atoms with van der Waals surface area (Å²) in [5.74, 6) is -0.343. The van der Waals surface area contributed by atoms with E-state index < -0.39 is 24.0 Å². The van der Waals surface area contributed by atoms with Gasteiger partial charge in [-0.1, -0.05) is 26.0 Å². The number of para-hydroxylation sites is 2. The van der Waals surface area contributed by atoms with Gasteiger partial charge < -0.3 is 19.9 Å². The normalized spacial score (nSPS) is 11.5. The largest absolute Gasteiger partial charge is 0.490 e. The van der Waals surface area contributed by atoms with Gasteiger partial charge in [-0.2, -0.15) is 0 Å². The molecule has 0 aliphatic heterocycles. The van der Waals surface area contributed by atoms with Gasteiger partial charge in [0.05, 0.1) is 13.2 Å². The number of amides is 3. The van der Waals surface area contributed by atoms with E-state index in [2.05, 4.69) is 0 Å². The quantitative estimate of drug-likeness (QED) is 0.483. The number of hydrogen-bond donors (Lipinski definition) is 2. The van der Waals surface area contributed by atoms with Gasteiger partial charge >= 0.3 is 12.0 Å². The van der Waals surface area contributed by atoms with Crippen molar-refractivity contribution < 1.29 is 28.6 Å². The molecule has 0 aliphatic rings. The van der Waals surface area contributed by atoms with Crippen molar-refractivity contribution in [1.82, 2.24) is 5.32 Å². The van der Waals surface area contributed by atoms with Gasteiger partial charge in [0.2, 0.25) is 0 Å². The molecule has 0 saturated carbocycles. The lowest BCUT2D eigenvalue weighted by Crippen LogP contribution is -2.45. The number of esters is 1. The molecule has 0 aliphatic carbocycles. The molecular formula is C18H26N2O6. The molecule has 3 amide bonds. The van der Waals surface area contributed by atoms with Gasteiger partial charge in [-0.3, -0.25) is 14.9 Å². The molecule has 1 aromatic carbocycles. The summed E-state index contributed by atoms with van der Waals surface area (Å²) in [6.07, 6.45) is -0.597. The van der Waals surface area contributed by atoms with E-state index in [0.29, 0.717) is 31.1 Å². The first-order valence-electron chi connectivity index (χ1n) is 8.49. The average Bonchev–Trinajstić information content (AvgIpc) is 2.57. The van der Waals surface area contributed by atoms with Gasteiger partial charge in [-0.15, -0.1) is 0 Å². The van der Waals surface area contributed by atoms with Crippen LogP contribution in [0.4, 0.5) is 4.79 Å². The first kappa shape index (κ1) is 21.3. The van der Waals surface area contributed by atoms with Gasteiger partial charge in [-0.25, -0.2) is 4.79 Å². The SMILES string of the molecule is CCOc1ccccc1OCCCC(=O)O[C@H](C(=O)NC(N)=O)C(C)C. The standard InChI is InChI=1S/C18H26N2O6/c1-4-24-13-8-5-6-9-14(13)25-11-7-10-15(21)26-16(12(2)3)17(22)20-18(19)23/h5-6,8-9,12,16H,4,7,10-11H2,1-3H3,(H3,19,20,22,23)/t16-/m0/s1. The van der Waals surface area contributed by atoms with E-state index in [9.17, 15) is 14.4 Å². The van der Waals surface area contributed by atoms with Crippen LogP contribution >= 0.6 is 0 Å². The third-order valence-corrected chi connectivity index (χ3v) is 3.30. The highest BCUT2D eigenvalue weighted by atomic mass is 16.5. The van der Waals surface area contributed by atoms with Gasteiger partial charge in [-0.05, 0) is 31.4 Å². The van der Waals surface area contributed by atoms with Crippen LogP contribution in [-0.2, 0) is 14.3 Å². The molecule has 8 nitrogen and oxygen atoms in total. The summed E-state index contributed by atoms with van der Waals surface area (Å²) in [4.78, 5) is 34.5. The number of rotatable bonds is 10. The van der Waals surface area contributed by atoms with Gasteiger partial charge in [0, 0.05) is 6.42 Å². The highest BCUT2D eigenvalue weighted by molar-refractivity contribution is 5.96. The second kappa shape index (κ2) is 11.0. The Kier molecular flexibility index (Phi) is 8.97. The summed E-state index contributed by atoms with van der Waals surface area (Å²) in [6.45, 7) is 6.10. The Bertz CT molecular complexity index is 617. The van der Waals surface area contributed by atoms with Crippen molar-refractivity contribution in [3.8, 4) is 11.5 Å². The molecule has 1 atom stereocenters. The lowest BCUT2D eigenvalue weighted by Gasteiger charge is -2.19. The molecule has 0 unspecified atom stereocenters. The maximum absolute atomic E-state index is 11.9. The molecule has 0 bridgehead atoms. The molecule has 3 N–H and O–H groups in total. The van der Waals surface area contributed by atoms with Crippen LogP contribution in [-0.4, -0.2) is 37.2 Å². The van der Waals surface area contributed by atoms with E-state index in [1.54, 1.807) is 26.0 Å². The van der Waals surface area contributed by atoms with Gasteiger partial charge in [0.15, 0.2) is 17.6 Å². The molecule has 0 aromatic heterocycles. The van der Waals surface area contributed by atoms with E-state index in [1.165, 1.54) is 0 Å². The fourth-order valence-electron chi connectivity index (χ4n) is 2.13. The van der Waals surface area contributed by atoms with Crippen LogP contribution in [0.5, 0.6) is 11.5 Å². The van der Waals surface area contributed by atoms with E-state index in [0.717, 1.165) is 0 Å². The smallest absolute Gasteiger partial charge is 0.318 e. The fraction of sp³-hybridized carbons (Fsp3) is 0.500. The predicted octanol–water partition coefficient (Wildman–Crippen LogP) is 2.01. The minimum Gasteiger partial charge on any atom is -0.490 e. The topological polar surface area (TPSA) is 117 Å². The first-order chi connectivity index (χ1) is 12.3. The highest BCUT2D eigenvalue weighted by Gasteiger charge is 2.27. The number of ether oxygens (including phenoxy) is 3. The molecular weight excluding hydrogens is 340 g/mol. The van der Waals surface area contributed by atoms with E-state index in [1.807, 2.05) is 24.4 Å². The van der Waals surface area contributed by atoms with E-state index >= 15 is 0 Å². The first-order valence-corrected chi connectivity index (χ1v) is 8.49. The maximum Gasteiger partial charge on any atom is 0.318 e. The fourth-order valence-corrected chi connectivity index (χ4v) is 2.13. The van der Waals surface area contributed by atoms with Crippen LogP contribution in [0.25, 0.3) is 0 Å². The van der Waals surface area contributed by atoms with Crippen LogP contribution < -0.4 is 20.5 Å². The second-order valence-electron chi connectivity index (χ2n) is 5.84. The van der Waals surface area contributed by atoms with Gasteiger partial charge in [0.1, 0.15) is 0 Å². The molecule has 8 heteroatoms. The number of benzene rings is 1. The number of hydrogen-bond acceptors (Lipinski definition) is 6. The number of carbonyl (C=O) groups excluding carboxylic acids is 3. The summed E-state index contributed by atoms with van der Waals surface area (Å²) in [7, 11) is 0. The summed E-state index contributed by atoms with van der Waals surface area (Å²) >= 11 is 0. The van der Waals surface area contributed by atoms with E-state index in [-0.39, 0.29) is 12.3 Å². The average molecular weight is 366 g/mol. The molecule has 0 radical (unpaired) electrons. The summed E-state index contributed by atoms with van der Waals surface area (Å²) < 4.78 is 16.2.